The minimum atomic E-state index is 0.628. The van der Waals surface area contributed by atoms with E-state index < -0.39 is 0 Å². The molecule has 0 atom stereocenters. The van der Waals surface area contributed by atoms with Gasteiger partial charge in [0.05, 0.1) is 0 Å². The van der Waals surface area contributed by atoms with Gasteiger partial charge in [-0.2, -0.15) is 0 Å². The van der Waals surface area contributed by atoms with Crippen molar-refractivity contribution in [3.05, 3.63) is 53.9 Å². The molecule has 0 amide bonds. The molecule has 2 aromatic rings. The highest BCUT2D eigenvalue weighted by atomic mass is 14.9. The van der Waals surface area contributed by atoms with E-state index in [0.29, 0.717) is 13.0 Å². The van der Waals surface area contributed by atoms with Gasteiger partial charge in [0.1, 0.15) is 5.82 Å². The van der Waals surface area contributed by atoms with Crippen molar-refractivity contribution in [1.29, 1.82) is 0 Å². The summed E-state index contributed by atoms with van der Waals surface area (Å²) >= 11 is 0. The van der Waals surface area contributed by atoms with Crippen molar-refractivity contribution in [2.75, 3.05) is 6.54 Å². The molecule has 2 N–H and O–H groups in total. The molecule has 2 heterocycles. The first kappa shape index (κ1) is 10.7. The van der Waals surface area contributed by atoms with Gasteiger partial charge in [-0.05, 0) is 30.7 Å². The van der Waals surface area contributed by atoms with Crippen LogP contribution in [0.4, 0.5) is 0 Å². The summed E-state index contributed by atoms with van der Waals surface area (Å²) in [5.41, 5.74) is 7.51. The van der Waals surface area contributed by atoms with Crippen LogP contribution in [-0.2, 0) is 12.8 Å². The zero-order chi connectivity index (χ0) is 11.2. The third-order valence-electron chi connectivity index (χ3n) is 2.26. The number of hydrogen-bond acceptors (Lipinski definition) is 4. The van der Waals surface area contributed by atoms with Gasteiger partial charge in [0.15, 0.2) is 0 Å². The molecule has 0 aliphatic carbocycles. The maximum atomic E-state index is 5.46. The molecule has 0 aliphatic heterocycles. The quantitative estimate of drug-likeness (QED) is 0.823. The van der Waals surface area contributed by atoms with Crippen LogP contribution in [-0.4, -0.2) is 21.5 Å². The molecule has 0 fully saturated rings. The Kier molecular flexibility index (Phi) is 3.56. The predicted molar refractivity (Wildman–Crippen MR) is 61.8 cm³/mol. The molecule has 82 valence electrons. The second-order valence-electron chi connectivity index (χ2n) is 3.54. The maximum absolute atomic E-state index is 5.46. The SMILES string of the molecule is NCCc1cnc(Cc2ccccn2)nc1. The molecule has 0 saturated heterocycles. The Balaban J connectivity index is 2.05. The number of nitrogens with two attached hydrogens (primary N) is 1. The van der Waals surface area contributed by atoms with Crippen molar-refractivity contribution in [3.8, 4) is 0 Å². The lowest BCUT2D eigenvalue weighted by Gasteiger charge is -2.01. The third kappa shape index (κ3) is 2.84. The smallest absolute Gasteiger partial charge is 0.134 e. The molecule has 4 nitrogen and oxygen atoms in total. The molecule has 0 aliphatic rings. The molecule has 2 aromatic heterocycles. The minimum absolute atomic E-state index is 0.628. The van der Waals surface area contributed by atoms with Gasteiger partial charge in [-0.25, -0.2) is 9.97 Å². The standard InChI is InChI=1S/C12H14N4/c13-5-4-10-8-15-12(16-9-10)7-11-3-1-2-6-14-11/h1-3,6,8-9H,4-5,7,13H2. The summed E-state index contributed by atoms with van der Waals surface area (Å²) in [6, 6.07) is 5.83. The first-order chi connectivity index (χ1) is 7.88. The van der Waals surface area contributed by atoms with Crippen LogP contribution in [0.25, 0.3) is 0 Å². The van der Waals surface area contributed by atoms with Crippen molar-refractivity contribution in [2.45, 2.75) is 12.8 Å². The van der Waals surface area contributed by atoms with Crippen LogP contribution >= 0.6 is 0 Å². The van der Waals surface area contributed by atoms with Gasteiger partial charge in [-0.1, -0.05) is 6.07 Å². The lowest BCUT2D eigenvalue weighted by molar-refractivity contribution is 0.889. The molecule has 0 saturated carbocycles. The van der Waals surface area contributed by atoms with Gasteiger partial charge in [0.2, 0.25) is 0 Å². The van der Waals surface area contributed by atoms with Gasteiger partial charge in [-0.3, -0.25) is 4.98 Å². The van der Waals surface area contributed by atoms with Gasteiger partial charge >= 0.3 is 0 Å². The summed E-state index contributed by atoms with van der Waals surface area (Å²) in [6.07, 6.45) is 6.93. The van der Waals surface area contributed by atoms with E-state index in [1.165, 1.54) is 0 Å². The molecule has 0 bridgehead atoms. The predicted octanol–water partition coefficient (Wildman–Crippen LogP) is 0.964. The Morgan fingerprint density at radius 1 is 1.06 bits per heavy atom. The average Bonchev–Trinajstić information content (AvgIpc) is 2.33. The normalized spacial score (nSPS) is 10.3. The Morgan fingerprint density at radius 3 is 2.50 bits per heavy atom. The topological polar surface area (TPSA) is 64.7 Å². The average molecular weight is 214 g/mol. The lowest BCUT2D eigenvalue weighted by atomic mass is 10.2. The van der Waals surface area contributed by atoms with Crippen LogP contribution in [0.3, 0.4) is 0 Å². The number of hydrogen-bond donors (Lipinski definition) is 1. The highest BCUT2D eigenvalue weighted by Gasteiger charge is 2.00. The Bertz CT molecular complexity index is 425. The number of pyridine rings is 1. The van der Waals surface area contributed by atoms with E-state index >= 15 is 0 Å². The molecule has 2 rings (SSSR count). The van der Waals surface area contributed by atoms with Crippen LogP contribution in [0.2, 0.25) is 0 Å². The fourth-order valence-corrected chi connectivity index (χ4v) is 1.43. The number of nitrogens with zero attached hydrogens (tertiary/aromatic N) is 3. The number of aromatic nitrogens is 3. The molecule has 0 aromatic carbocycles. The molecule has 16 heavy (non-hydrogen) atoms. The van der Waals surface area contributed by atoms with Crippen molar-refractivity contribution in [2.24, 2.45) is 5.73 Å². The Labute approximate surface area is 94.6 Å². The summed E-state index contributed by atoms with van der Waals surface area (Å²) in [5.74, 6) is 0.791. The van der Waals surface area contributed by atoms with Crippen LogP contribution in [0.1, 0.15) is 17.1 Å². The summed E-state index contributed by atoms with van der Waals surface area (Å²) in [7, 11) is 0. The summed E-state index contributed by atoms with van der Waals surface area (Å²) in [5, 5.41) is 0. The van der Waals surface area contributed by atoms with Gasteiger partial charge in [0.25, 0.3) is 0 Å². The van der Waals surface area contributed by atoms with Crippen LogP contribution in [0, 0.1) is 0 Å². The van der Waals surface area contributed by atoms with E-state index in [4.69, 9.17) is 5.73 Å². The fourth-order valence-electron chi connectivity index (χ4n) is 1.43. The van der Waals surface area contributed by atoms with Crippen molar-refractivity contribution < 1.29 is 0 Å². The second kappa shape index (κ2) is 5.32. The van der Waals surface area contributed by atoms with E-state index in [0.717, 1.165) is 23.5 Å². The zero-order valence-electron chi connectivity index (χ0n) is 9.00. The van der Waals surface area contributed by atoms with Crippen LogP contribution < -0.4 is 5.73 Å². The van der Waals surface area contributed by atoms with Gasteiger partial charge < -0.3 is 5.73 Å². The third-order valence-corrected chi connectivity index (χ3v) is 2.26. The largest absolute Gasteiger partial charge is 0.330 e. The van der Waals surface area contributed by atoms with E-state index in [9.17, 15) is 0 Å². The minimum Gasteiger partial charge on any atom is -0.330 e. The second-order valence-corrected chi connectivity index (χ2v) is 3.54. The van der Waals surface area contributed by atoms with Crippen molar-refractivity contribution in [1.82, 2.24) is 15.0 Å². The van der Waals surface area contributed by atoms with Crippen molar-refractivity contribution >= 4 is 0 Å². The van der Waals surface area contributed by atoms with E-state index in [2.05, 4.69) is 15.0 Å². The van der Waals surface area contributed by atoms with E-state index in [-0.39, 0.29) is 0 Å². The van der Waals surface area contributed by atoms with E-state index in [1.54, 1.807) is 6.20 Å². The monoisotopic (exact) mass is 214 g/mol. The van der Waals surface area contributed by atoms with E-state index in [1.807, 2.05) is 30.6 Å². The number of rotatable bonds is 4. The van der Waals surface area contributed by atoms with Crippen molar-refractivity contribution in [3.63, 3.8) is 0 Å². The van der Waals surface area contributed by atoms with Gasteiger partial charge in [-0.15, -0.1) is 0 Å². The van der Waals surface area contributed by atoms with Gasteiger partial charge in [0, 0.05) is 30.7 Å². The fraction of sp³-hybridized carbons (Fsp3) is 0.250. The summed E-state index contributed by atoms with van der Waals surface area (Å²) in [6.45, 7) is 0.628. The highest BCUT2D eigenvalue weighted by Crippen LogP contribution is 2.02. The first-order valence-corrected chi connectivity index (χ1v) is 5.28. The molecule has 4 heteroatoms. The Morgan fingerprint density at radius 2 is 1.88 bits per heavy atom. The molecule has 0 spiro atoms. The molecule has 0 unspecified atom stereocenters. The molecule has 0 radical (unpaired) electrons. The van der Waals surface area contributed by atoms with Crippen LogP contribution in [0.5, 0.6) is 0 Å². The maximum Gasteiger partial charge on any atom is 0.134 e. The molecular formula is C12H14N4. The lowest BCUT2D eigenvalue weighted by Crippen LogP contribution is -2.05. The molecular weight excluding hydrogens is 200 g/mol. The summed E-state index contributed by atoms with van der Waals surface area (Å²) in [4.78, 5) is 12.8. The summed E-state index contributed by atoms with van der Waals surface area (Å²) < 4.78 is 0. The zero-order valence-corrected chi connectivity index (χ0v) is 9.00. The van der Waals surface area contributed by atoms with Crippen LogP contribution in [0.15, 0.2) is 36.8 Å². The Hall–Kier alpha value is -1.81. The first-order valence-electron chi connectivity index (χ1n) is 5.28. The highest BCUT2D eigenvalue weighted by molar-refractivity contribution is 5.12.